The van der Waals surface area contributed by atoms with Gasteiger partial charge in [0.1, 0.15) is 0 Å². The molecule has 0 spiro atoms. The van der Waals surface area contributed by atoms with Crippen molar-refractivity contribution < 1.29 is 9.31 Å². The standard InChI is InChI=1S/C13H24BNO2.ClH/c1-5-15-8-14-16-11-7-9-6-10(12(9,2)3)13(11,4)17-14;/h9-11,15H,5-8H2,1-4H3;1H/t9-,10-,11+,13-;/m0./s1. The number of hydrogen-bond donors (Lipinski definition) is 1. The third-order valence-electron chi connectivity index (χ3n) is 5.56. The zero-order chi connectivity index (χ0) is 12.3. The molecule has 3 nitrogen and oxygen atoms in total. The lowest BCUT2D eigenvalue weighted by Gasteiger charge is -2.64. The monoisotopic (exact) mass is 273 g/mol. The van der Waals surface area contributed by atoms with Crippen molar-refractivity contribution in [3.8, 4) is 0 Å². The molecule has 4 fully saturated rings. The Morgan fingerprint density at radius 1 is 1.28 bits per heavy atom. The van der Waals surface area contributed by atoms with Crippen LogP contribution in [-0.4, -0.2) is 31.8 Å². The normalized spacial score (nSPS) is 44.0. The second kappa shape index (κ2) is 4.66. The summed E-state index contributed by atoms with van der Waals surface area (Å²) in [4.78, 5) is 0. The Balaban J connectivity index is 0.00000120. The summed E-state index contributed by atoms with van der Waals surface area (Å²) >= 11 is 0. The zero-order valence-corrected chi connectivity index (χ0v) is 12.7. The van der Waals surface area contributed by atoms with Gasteiger partial charge in [-0.3, -0.25) is 0 Å². The molecule has 0 aromatic heterocycles. The predicted octanol–water partition coefficient (Wildman–Crippen LogP) is 2.29. The van der Waals surface area contributed by atoms with E-state index in [-0.39, 0.29) is 25.1 Å². The maximum absolute atomic E-state index is 6.26. The van der Waals surface area contributed by atoms with Crippen molar-refractivity contribution in [2.75, 3.05) is 13.0 Å². The molecule has 0 radical (unpaired) electrons. The van der Waals surface area contributed by atoms with Gasteiger partial charge in [0.2, 0.25) is 0 Å². The first-order valence-electron chi connectivity index (χ1n) is 7.02. The molecule has 4 rings (SSSR count). The molecule has 104 valence electrons. The Morgan fingerprint density at radius 3 is 2.61 bits per heavy atom. The first-order valence-corrected chi connectivity index (χ1v) is 7.02. The van der Waals surface area contributed by atoms with Gasteiger partial charge in [0.05, 0.1) is 11.7 Å². The summed E-state index contributed by atoms with van der Waals surface area (Å²) in [5.74, 6) is 1.51. The highest BCUT2D eigenvalue weighted by molar-refractivity contribution is 6.45. The van der Waals surface area contributed by atoms with E-state index in [1.54, 1.807) is 0 Å². The van der Waals surface area contributed by atoms with Crippen LogP contribution in [0, 0.1) is 17.3 Å². The van der Waals surface area contributed by atoms with Crippen molar-refractivity contribution in [2.24, 2.45) is 17.3 Å². The van der Waals surface area contributed by atoms with Crippen molar-refractivity contribution >= 4 is 19.5 Å². The quantitative estimate of drug-likeness (QED) is 0.800. The number of nitrogens with one attached hydrogen (secondary N) is 1. The number of rotatable bonds is 3. The molecule has 18 heavy (non-hydrogen) atoms. The van der Waals surface area contributed by atoms with Gasteiger partial charge < -0.3 is 14.6 Å². The van der Waals surface area contributed by atoms with Crippen LogP contribution in [0.3, 0.4) is 0 Å². The lowest BCUT2D eigenvalue weighted by atomic mass is 9.43. The molecule has 2 bridgehead atoms. The topological polar surface area (TPSA) is 30.5 Å². The molecule has 3 saturated carbocycles. The van der Waals surface area contributed by atoms with Crippen LogP contribution in [0.5, 0.6) is 0 Å². The van der Waals surface area contributed by atoms with Crippen LogP contribution in [-0.2, 0) is 9.31 Å². The Labute approximate surface area is 117 Å². The molecule has 1 saturated heterocycles. The largest absolute Gasteiger partial charge is 0.472 e. The first kappa shape index (κ1) is 14.6. The average Bonchev–Trinajstić information content (AvgIpc) is 2.61. The summed E-state index contributed by atoms with van der Waals surface area (Å²) in [5, 5.41) is 3.32. The van der Waals surface area contributed by atoms with E-state index in [1.807, 2.05) is 0 Å². The summed E-state index contributed by atoms with van der Waals surface area (Å²) in [6.45, 7) is 10.2. The highest BCUT2D eigenvalue weighted by atomic mass is 35.5. The van der Waals surface area contributed by atoms with E-state index in [0.29, 0.717) is 17.4 Å². The number of halogens is 1. The lowest BCUT2D eigenvalue weighted by molar-refractivity contribution is -0.199. The summed E-state index contributed by atoms with van der Waals surface area (Å²) < 4.78 is 12.3. The van der Waals surface area contributed by atoms with Crippen molar-refractivity contribution in [2.45, 2.75) is 52.2 Å². The van der Waals surface area contributed by atoms with Gasteiger partial charge in [-0.1, -0.05) is 20.8 Å². The van der Waals surface area contributed by atoms with E-state index in [1.165, 1.54) is 12.8 Å². The third kappa shape index (κ3) is 1.84. The van der Waals surface area contributed by atoms with Gasteiger partial charge in [-0.2, -0.15) is 0 Å². The van der Waals surface area contributed by atoms with Crippen LogP contribution in [0.1, 0.15) is 40.5 Å². The molecule has 0 unspecified atom stereocenters. The van der Waals surface area contributed by atoms with Gasteiger partial charge in [0.25, 0.3) is 0 Å². The van der Waals surface area contributed by atoms with Crippen molar-refractivity contribution in [3.63, 3.8) is 0 Å². The van der Waals surface area contributed by atoms with Crippen LogP contribution in [0.2, 0.25) is 0 Å². The average molecular weight is 274 g/mol. The minimum atomic E-state index is -0.0433. The molecule has 1 aliphatic heterocycles. The SMILES string of the molecule is CCNCB1O[C@@H]2C[C@@H]3C[C@@H](C3(C)C)[C@]2(C)O1.Cl. The van der Waals surface area contributed by atoms with Crippen LogP contribution in [0.4, 0.5) is 0 Å². The lowest BCUT2D eigenvalue weighted by Crippen LogP contribution is -2.65. The van der Waals surface area contributed by atoms with E-state index in [4.69, 9.17) is 9.31 Å². The molecule has 4 atom stereocenters. The van der Waals surface area contributed by atoms with Gasteiger partial charge in [0, 0.05) is 6.44 Å². The smallest absolute Gasteiger partial charge is 0.405 e. The first-order chi connectivity index (χ1) is 7.98. The maximum Gasteiger partial charge on any atom is 0.472 e. The fourth-order valence-electron chi connectivity index (χ4n) is 4.30. The minimum absolute atomic E-state index is 0. The highest BCUT2D eigenvalue weighted by Gasteiger charge is 2.67. The van der Waals surface area contributed by atoms with Gasteiger partial charge in [0.15, 0.2) is 0 Å². The van der Waals surface area contributed by atoms with Gasteiger partial charge in [-0.25, -0.2) is 0 Å². The van der Waals surface area contributed by atoms with Crippen molar-refractivity contribution in [1.29, 1.82) is 0 Å². The molecule has 0 aromatic carbocycles. The summed E-state index contributed by atoms with van der Waals surface area (Å²) in [6.07, 6.45) is 3.66. The Morgan fingerprint density at radius 2 is 2.00 bits per heavy atom. The van der Waals surface area contributed by atoms with E-state index in [9.17, 15) is 0 Å². The molecule has 3 aliphatic carbocycles. The molecule has 1 heterocycles. The summed E-state index contributed by atoms with van der Waals surface area (Å²) in [6, 6.07) is 0. The van der Waals surface area contributed by atoms with E-state index in [2.05, 4.69) is 33.0 Å². The van der Waals surface area contributed by atoms with E-state index < -0.39 is 0 Å². The second-order valence-electron chi connectivity index (χ2n) is 6.71. The molecule has 1 N–H and O–H groups in total. The van der Waals surface area contributed by atoms with Crippen LogP contribution in [0.25, 0.3) is 0 Å². The van der Waals surface area contributed by atoms with Gasteiger partial charge in [-0.05, 0) is 43.6 Å². The molecular formula is C13H25BClNO2. The fraction of sp³-hybridized carbons (Fsp3) is 1.00. The molecular weight excluding hydrogens is 248 g/mol. The Hall–Kier alpha value is 0.235. The summed E-state index contributed by atoms with van der Waals surface area (Å²) in [7, 11) is -0.0416. The van der Waals surface area contributed by atoms with E-state index in [0.717, 1.165) is 18.9 Å². The van der Waals surface area contributed by atoms with Crippen LogP contribution < -0.4 is 5.32 Å². The Kier molecular flexibility index (Phi) is 3.79. The third-order valence-corrected chi connectivity index (χ3v) is 5.56. The van der Waals surface area contributed by atoms with Crippen LogP contribution >= 0.6 is 12.4 Å². The Bertz CT molecular complexity index is 328. The second-order valence-corrected chi connectivity index (χ2v) is 6.71. The van der Waals surface area contributed by atoms with E-state index >= 15 is 0 Å². The minimum Gasteiger partial charge on any atom is -0.405 e. The summed E-state index contributed by atoms with van der Waals surface area (Å²) in [5.41, 5.74) is 0.403. The van der Waals surface area contributed by atoms with Crippen molar-refractivity contribution in [1.82, 2.24) is 5.32 Å². The maximum atomic E-state index is 6.26. The predicted molar refractivity (Wildman–Crippen MR) is 75.9 cm³/mol. The van der Waals surface area contributed by atoms with Gasteiger partial charge >= 0.3 is 7.12 Å². The molecule has 4 aliphatic rings. The molecule has 5 heteroatoms. The number of hydrogen-bond acceptors (Lipinski definition) is 3. The fourth-order valence-corrected chi connectivity index (χ4v) is 4.30. The molecule has 0 amide bonds. The van der Waals surface area contributed by atoms with Crippen LogP contribution in [0.15, 0.2) is 0 Å². The highest BCUT2D eigenvalue weighted by Crippen LogP contribution is 2.65. The van der Waals surface area contributed by atoms with Crippen molar-refractivity contribution in [3.05, 3.63) is 0 Å². The zero-order valence-electron chi connectivity index (χ0n) is 11.9. The van der Waals surface area contributed by atoms with Gasteiger partial charge in [-0.15, -0.1) is 12.4 Å². The molecule has 0 aromatic rings.